The summed E-state index contributed by atoms with van der Waals surface area (Å²) >= 11 is 11.7. The maximum absolute atomic E-state index is 13.1. The summed E-state index contributed by atoms with van der Waals surface area (Å²) in [5.74, 6) is -0.529. The molecule has 0 N–H and O–H groups in total. The van der Waals surface area contributed by atoms with E-state index in [0.29, 0.717) is 23.4 Å². The third-order valence-corrected chi connectivity index (χ3v) is 3.24. The fourth-order valence-corrected chi connectivity index (χ4v) is 2.29. The Hall–Kier alpha value is -0.600. The topological polar surface area (TPSA) is 17.1 Å². The molecule has 0 saturated heterocycles. The smallest absolute Gasteiger partial charge is 0.142 e. The molecule has 74 valence electrons. The van der Waals surface area contributed by atoms with Gasteiger partial charge in [0.1, 0.15) is 12.1 Å². The molecular formula is C10H7Cl2FO. The minimum Gasteiger partial charge on any atom is -0.302 e. The fraction of sp³-hybridized carbons (Fsp3) is 0.300. The molecule has 4 heteroatoms. The van der Waals surface area contributed by atoms with Crippen LogP contribution < -0.4 is 0 Å². The Morgan fingerprint density at radius 2 is 2.00 bits per heavy atom. The van der Waals surface area contributed by atoms with Gasteiger partial charge in [0.25, 0.3) is 0 Å². The highest BCUT2D eigenvalue weighted by molar-refractivity contribution is 6.36. The first-order chi connectivity index (χ1) is 6.60. The Morgan fingerprint density at radius 1 is 1.36 bits per heavy atom. The van der Waals surface area contributed by atoms with Crippen molar-refractivity contribution < 1.29 is 9.18 Å². The molecule has 0 unspecified atom stereocenters. The van der Waals surface area contributed by atoms with Gasteiger partial charge in [0.15, 0.2) is 0 Å². The van der Waals surface area contributed by atoms with Gasteiger partial charge < -0.3 is 4.79 Å². The fourth-order valence-electron chi connectivity index (χ4n) is 1.54. The Kier molecular flexibility index (Phi) is 2.28. The van der Waals surface area contributed by atoms with Gasteiger partial charge in [-0.3, -0.25) is 0 Å². The lowest BCUT2D eigenvalue weighted by Crippen LogP contribution is -2.10. The molecule has 0 aliphatic heterocycles. The van der Waals surface area contributed by atoms with Crippen LogP contribution in [-0.2, 0) is 10.2 Å². The highest BCUT2D eigenvalue weighted by Gasteiger charge is 2.47. The predicted molar refractivity (Wildman–Crippen MR) is 53.4 cm³/mol. The van der Waals surface area contributed by atoms with Crippen LogP contribution in [0.2, 0.25) is 10.0 Å². The molecule has 1 saturated carbocycles. The van der Waals surface area contributed by atoms with Crippen molar-refractivity contribution in [3.8, 4) is 0 Å². The van der Waals surface area contributed by atoms with Gasteiger partial charge in [-0.1, -0.05) is 23.2 Å². The zero-order valence-corrected chi connectivity index (χ0v) is 8.70. The summed E-state index contributed by atoms with van der Waals surface area (Å²) < 4.78 is 13.1. The lowest BCUT2D eigenvalue weighted by atomic mass is 9.97. The van der Waals surface area contributed by atoms with Gasteiger partial charge in [0.05, 0.1) is 10.4 Å². The van der Waals surface area contributed by atoms with E-state index in [1.165, 1.54) is 12.1 Å². The highest BCUT2D eigenvalue weighted by Crippen LogP contribution is 2.51. The summed E-state index contributed by atoms with van der Waals surface area (Å²) in [6, 6.07) is 2.64. The molecule has 1 aliphatic carbocycles. The Morgan fingerprint density at radius 3 is 2.50 bits per heavy atom. The molecule has 0 aromatic heterocycles. The van der Waals surface area contributed by atoms with Crippen LogP contribution in [0.4, 0.5) is 4.39 Å². The number of hydrogen-bond acceptors (Lipinski definition) is 1. The molecule has 1 aliphatic rings. The van der Waals surface area contributed by atoms with Gasteiger partial charge in [0.2, 0.25) is 0 Å². The van der Waals surface area contributed by atoms with Crippen LogP contribution in [-0.4, -0.2) is 6.29 Å². The molecule has 0 amide bonds. The molecule has 1 nitrogen and oxygen atoms in total. The van der Waals surface area contributed by atoms with Crippen molar-refractivity contribution in [3.05, 3.63) is 33.6 Å². The molecule has 14 heavy (non-hydrogen) atoms. The number of benzene rings is 1. The van der Waals surface area contributed by atoms with Gasteiger partial charge >= 0.3 is 0 Å². The Labute approximate surface area is 90.8 Å². The molecule has 0 radical (unpaired) electrons. The standard InChI is InChI=1S/C10H7Cl2FO/c11-6-1-2-7(13)9(12)8(6)10(5-14)3-4-10/h1-2,5H,3-4H2. The average molecular weight is 233 g/mol. The van der Waals surface area contributed by atoms with Crippen molar-refractivity contribution in [1.82, 2.24) is 0 Å². The van der Waals surface area contributed by atoms with Crippen LogP contribution in [0.3, 0.4) is 0 Å². The van der Waals surface area contributed by atoms with Crippen molar-refractivity contribution in [2.75, 3.05) is 0 Å². The first-order valence-electron chi connectivity index (χ1n) is 4.21. The third-order valence-electron chi connectivity index (χ3n) is 2.56. The van der Waals surface area contributed by atoms with E-state index < -0.39 is 11.2 Å². The maximum Gasteiger partial charge on any atom is 0.142 e. The van der Waals surface area contributed by atoms with Gasteiger partial charge in [-0.05, 0) is 25.0 Å². The molecule has 0 atom stereocenters. The minimum absolute atomic E-state index is 0.0258. The number of carbonyl (C=O) groups excluding carboxylic acids is 1. The third kappa shape index (κ3) is 1.33. The van der Waals surface area contributed by atoms with E-state index in [1.807, 2.05) is 0 Å². The van der Waals surface area contributed by atoms with E-state index in [1.54, 1.807) is 0 Å². The van der Waals surface area contributed by atoms with Crippen LogP contribution in [0, 0.1) is 5.82 Å². The molecule has 1 fully saturated rings. The molecule has 2 rings (SSSR count). The predicted octanol–water partition coefficient (Wildman–Crippen LogP) is 3.36. The van der Waals surface area contributed by atoms with E-state index in [4.69, 9.17) is 23.2 Å². The average Bonchev–Trinajstić information content (AvgIpc) is 2.93. The second kappa shape index (κ2) is 3.21. The Balaban J connectivity index is 2.62. The second-order valence-corrected chi connectivity index (χ2v) is 4.28. The SMILES string of the molecule is O=CC1(c2c(Cl)ccc(F)c2Cl)CC1. The van der Waals surface area contributed by atoms with Gasteiger partial charge in [-0.15, -0.1) is 0 Å². The molecule has 0 heterocycles. The lowest BCUT2D eigenvalue weighted by molar-refractivity contribution is -0.109. The zero-order chi connectivity index (χ0) is 10.3. The van der Waals surface area contributed by atoms with E-state index in [0.717, 1.165) is 6.29 Å². The molecule has 0 spiro atoms. The van der Waals surface area contributed by atoms with Crippen molar-refractivity contribution >= 4 is 29.5 Å². The summed E-state index contributed by atoms with van der Waals surface area (Å²) in [4.78, 5) is 10.9. The van der Waals surface area contributed by atoms with Crippen LogP contribution in [0.1, 0.15) is 18.4 Å². The van der Waals surface area contributed by atoms with E-state index >= 15 is 0 Å². The van der Waals surface area contributed by atoms with E-state index in [-0.39, 0.29) is 5.02 Å². The largest absolute Gasteiger partial charge is 0.302 e. The van der Waals surface area contributed by atoms with Crippen LogP contribution in [0.25, 0.3) is 0 Å². The highest BCUT2D eigenvalue weighted by atomic mass is 35.5. The van der Waals surface area contributed by atoms with Crippen LogP contribution in [0.5, 0.6) is 0 Å². The second-order valence-electron chi connectivity index (χ2n) is 3.49. The van der Waals surface area contributed by atoms with Crippen LogP contribution in [0.15, 0.2) is 12.1 Å². The van der Waals surface area contributed by atoms with Crippen LogP contribution >= 0.6 is 23.2 Å². The van der Waals surface area contributed by atoms with Crippen molar-refractivity contribution in [2.24, 2.45) is 0 Å². The first kappa shape index (κ1) is 9.94. The number of rotatable bonds is 2. The molecular weight excluding hydrogens is 226 g/mol. The molecule has 0 bridgehead atoms. The zero-order valence-electron chi connectivity index (χ0n) is 7.19. The lowest BCUT2D eigenvalue weighted by Gasteiger charge is -2.12. The quantitative estimate of drug-likeness (QED) is 0.565. The van der Waals surface area contributed by atoms with Gasteiger partial charge in [0, 0.05) is 10.6 Å². The minimum atomic E-state index is -0.629. The Bertz CT molecular complexity index is 399. The monoisotopic (exact) mass is 232 g/mol. The summed E-state index contributed by atoms with van der Waals surface area (Å²) in [5, 5.41) is 0.336. The van der Waals surface area contributed by atoms with Gasteiger partial charge in [-0.2, -0.15) is 0 Å². The van der Waals surface area contributed by atoms with Crippen molar-refractivity contribution in [2.45, 2.75) is 18.3 Å². The summed E-state index contributed by atoms with van der Waals surface area (Å²) in [7, 11) is 0. The number of hydrogen-bond donors (Lipinski definition) is 0. The van der Waals surface area contributed by atoms with Crippen molar-refractivity contribution in [1.29, 1.82) is 0 Å². The number of aldehydes is 1. The number of carbonyl (C=O) groups is 1. The maximum atomic E-state index is 13.1. The molecule has 1 aromatic rings. The summed E-state index contributed by atoms with van der Waals surface area (Å²) in [6.45, 7) is 0. The summed E-state index contributed by atoms with van der Waals surface area (Å²) in [5.41, 5.74) is -0.188. The number of halogens is 3. The van der Waals surface area contributed by atoms with Crippen molar-refractivity contribution in [3.63, 3.8) is 0 Å². The van der Waals surface area contributed by atoms with E-state index in [9.17, 15) is 9.18 Å². The normalized spacial score (nSPS) is 17.9. The molecule has 1 aromatic carbocycles. The first-order valence-corrected chi connectivity index (χ1v) is 4.97. The van der Waals surface area contributed by atoms with Gasteiger partial charge in [-0.25, -0.2) is 4.39 Å². The summed E-state index contributed by atoms with van der Waals surface area (Å²) in [6.07, 6.45) is 2.19. The van der Waals surface area contributed by atoms with E-state index in [2.05, 4.69) is 0 Å².